The zero-order valence-electron chi connectivity index (χ0n) is 11.3. The Morgan fingerprint density at radius 2 is 1.81 bits per heavy atom. The highest BCUT2D eigenvalue weighted by Crippen LogP contribution is 2.33. The SMILES string of the molecule is C=Cn1nc(C)c(C(C)(C)C)c1N=C.CC. The van der Waals surface area contributed by atoms with Crippen molar-refractivity contribution in [3.8, 4) is 0 Å². The minimum Gasteiger partial charge on any atom is -0.245 e. The molecular weight excluding hydrogens is 198 g/mol. The third-order valence-electron chi connectivity index (χ3n) is 2.13. The van der Waals surface area contributed by atoms with Gasteiger partial charge in [-0.05, 0) is 19.1 Å². The summed E-state index contributed by atoms with van der Waals surface area (Å²) < 4.78 is 1.67. The second-order valence-corrected chi connectivity index (χ2v) is 4.32. The molecule has 1 aromatic rings. The van der Waals surface area contributed by atoms with Crippen LogP contribution in [0.2, 0.25) is 0 Å². The third kappa shape index (κ3) is 2.81. The van der Waals surface area contributed by atoms with Crippen LogP contribution >= 0.6 is 0 Å². The van der Waals surface area contributed by atoms with Crippen molar-refractivity contribution in [1.29, 1.82) is 0 Å². The number of hydrogen-bond acceptors (Lipinski definition) is 2. The average molecular weight is 221 g/mol. The van der Waals surface area contributed by atoms with Crippen molar-refractivity contribution in [2.24, 2.45) is 4.99 Å². The van der Waals surface area contributed by atoms with E-state index in [2.05, 4.69) is 44.2 Å². The molecule has 0 unspecified atom stereocenters. The maximum absolute atomic E-state index is 4.33. The average Bonchev–Trinajstić information content (AvgIpc) is 2.56. The normalized spacial score (nSPS) is 10.4. The predicted octanol–water partition coefficient (Wildman–Crippen LogP) is 3.95. The number of aryl methyl sites for hydroxylation is 1. The standard InChI is InChI=1S/C11H17N3.C2H6/c1-7-14-10(12-6)9(8(2)13-14)11(3,4)5;1-2/h7H,1,6H2,2-5H3;1-2H3. The second-order valence-electron chi connectivity index (χ2n) is 4.32. The molecule has 0 atom stereocenters. The lowest BCUT2D eigenvalue weighted by molar-refractivity contribution is 0.587. The molecule has 1 rings (SSSR count). The van der Waals surface area contributed by atoms with Gasteiger partial charge in [0.1, 0.15) is 0 Å². The van der Waals surface area contributed by atoms with Crippen molar-refractivity contribution in [1.82, 2.24) is 9.78 Å². The van der Waals surface area contributed by atoms with E-state index >= 15 is 0 Å². The Bertz CT molecular complexity index is 367. The molecule has 0 spiro atoms. The van der Waals surface area contributed by atoms with Gasteiger partial charge in [0.2, 0.25) is 0 Å². The van der Waals surface area contributed by atoms with Gasteiger partial charge in [-0.2, -0.15) is 5.10 Å². The highest BCUT2D eigenvalue weighted by Gasteiger charge is 2.24. The van der Waals surface area contributed by atoms with E-state index in [1.54, 1.807) is 10.9 Å². The van der Waals surface area contributed by atoms with Crippen LogP contribution in [0.1, 0.15) is 45.9 Å². The van der Waals surface area contributed by atoms with Crippen molar-refractivity contribution >= 4 is 18.7 Å². The summed E-state index contributed by atoms with van der Waals surface area (Å²) in [6.07, 6.45) is 1.65. The summed E-state index contributed by atoms with van der Waals surface area (Å²) >= 11 is 0. The topological polar surface area (TPSA) is 30.2 Å². The van der Waals surface area contributed by atoms with Crippen molar-refractivity contribution < 1.29 is 0 Å². The van der Waals surface area contributed by atoms with Crippen LogP contribution in [0.4, 0.5) is 5.82 Å². The molecule has 0 saturated heterocycles. The molecule has 1 heterocycles. The molecule has 3 nitrogen and oxygen atoms in total. The van der Waals surface area contributed by atoms with Gasteiger partial charge in [0.25, 0.3) is 0 Å². The molecule has 3 heteroatoms. The lowest BCUT2D eigenvalue weighted by Gasteiger charge is -2.18. The first-order valence-corrected chi connectivity index (χ1v) is 5.60. The zero-order valence-corrected chi connectivity index (χ0v) is 11.3. The van der Waals surface area contributed by atoms with Gasteiger partial charge in [0, 0.05) is 11.8 Å². The van der Waals surface area contributed by atoms with Gasteiger partial charge < -0.3 is 0 Å². The fourth-order valence-electron chi connectivity index (χ4n) is 1.69. The smallest absolute Gasteiger partial charge is 0.158 e. The fourth-order valence-corrected chi connectivity index (χ4v) is 1.69. The van der Waals surface area contributed by atoms with E-state index in [-0.39, 0.29) is 5.41 Å². The van der Waals surface area contributed by atoms with Crippen molar-refractivity contribution in [2.75, 3.05) is 0 Å². The summed E-state index contributed by atoms with van der Waals surface area (Å²) in [5, 5.41) is 4.33. The molecule has 1 aromatic heterocycles. The molecule has 0 fully saturated rings. The molecular formula is C13H23N3. The Hall–Kier alpha value is -1.38. The highest BCUT2D eigenvalue weighted by atomic mass is 15.3. The Morgan fingerprint density at radius 1 is 1.31 bits per heavy atom. The first kappa shape index (κ1) is 14.6. The van der Waals surface area contributed by atoms with Gasteiger partial charge in [-0.15, -0.1) is 0 Å². The van der Waals surface area contributed by atoms with E-state index in [1.807, 2.05) is 20.8 Å². The Morgan fingerprint density at radius 3 is 2.12 bits per heavy atom. The Balaban J connectivity index is 0.00000106. The largest absolute Gasteiger partial charge is 0.245 e. The summed E-state index contributed by atoms with van der Waals surface area (Å²) in [7, 11) is 0. The van der Waals surface area contributed by atoms with Crippen molar-refractivity contribution in [3.05, 3.63) is 17.8 Å². The van der Waals surface area contributed by atoms with Crippen LogP contribution in [0.3, 0.4) is 0 Å². The number of rotatable bonds is 2. The number of aliphatic imine (C=N–C) groups is 1. The summed E-state index contributed by atoms with van der Waals surface area (Å²) in [6, 6.07) is 0. The first-order valence-electron chi connectivity index (χ1n) is 5.60. The van der Waals surface area contributed by atoms with Crippen LogP contribution in [-0.2, 0) is 5.41 Å². The number of nitrogens with zero attached hydrogens (tertiary/aromatic N) is 3. The first-order chi connectivity index (χ1) is 7.41. The molecule has 0 aromatic carbocycles. The van der Waals surface area contributed by atoms with Gasteiger partial charge in [-0.1, -0.05) is 41.2 Å². The monoisotopic (exact) mass is 221 g/mol. The van der Waals surface area contributed by atoms with E-state index in [0.29, 0.717) is 0 Å². The summed E-state index contributed by atoms with van der Waals surface area (Å²) in [5.74, 6) is 0.796. The summed E-state index contributed by atoms with van der Waals surface area (Å²) in [6.45, 7) is 19.7. The molecule has 0 saturated carbocycles. The Kier molecular flexibility index (Phi) is 5.15. The van der Waals surface area contributed by atoms with E-state index in [4.69, 9.17) is 0 Å². The highest BCUT2D eigenvalue weighted by molar-refractivity contribution is 5.54. The third-order valence-corrected chi connectivity index (χ3v) is 2.13. The summed E-state index contributed by atoms with van der Waals surface area (Å²) in [5.41, 5.74) is 2.15. The summed E-state index contributed by atoms with van der Waals surface area (Å²) in [4.78, 5) is 4.01. The maximum atomic E-state index is 4.33. The molecule has 90 valence electrons. The van der Waals surface area contributed by atoms with Gasteiger partial charge in [-0.3, -0.25) is 0 Å². The van der Waals surface area contributed by atoms with Gasteiger partial charge >= 0.3 is 0 Å². The second kappa shape index (κ2) is 5.64. The molecule has 0 N–H and O–H groups in total. The van der Waals surface area contributed by atoms with Crippen LogP contribution in [0.5, 0.6) is 0 Å². The van der Waals surface area contributed by atoms with Crippen molar-refractivity contribution in [3.63, 3.8) is 0 Å². The van der Waals surface area contributed by atoms with Crippen LogP contribution in [-0.4, -0.2) is 16.5 Å². The molecule has 0 bridgehead atoms. The molecule has 0 radical (unpaired) electrons. The van der Waals surface area contributed by atoms with E-state index in [1.165, 1.54) is 0 Å². The molecule has 0 amide bonds. The quantitative estimate of drug-likeness (QED) is 0.695. The molecule has 0 aliphatic rings. The van der Waals surface area contributed by atoms with E-state index < -0.39 is 0 Å². The Labute approximate surface area is 98.9 Å². The van der Waals surface area contributed by atoms with Crippen LogP contribution in [0, 0.1) is 6.92 Å². The van der Waals surface area contributed by atoms with Gasteiger partial charge in [0.15, 0.2) is 5.82 Å². The van der Waals surface area contributed by atoms with E-state index in [9.17, 15) is 0 Å². The maximum Gasteiger partial charge on any atom is 0.158 e. The zero-order chi connectivity index (χ0) is 12.9. The number of aromatic nitrogens is 2. The van der Waals surface area contributed by atoms with Gasteiger partial charge in [-0.25, -0.2) is 9.67 Å². The lowest BCUT2D eigenvalue weighted by Crippen LogP contribution is -2.11. The van der Waals surface area contributed by atoms with E-state index in [0.717, 1.165) is 17.1 Å². The van der Waals surface area contributed by atoms with Crippen LogP contribution in [0.15, 0.2) is 11.6 Å². The van der Waals surface area contributed by atoms with Crippen LogP contribution < -0.4 is 0 Å². The molecule has 0 aliphatic heterocycles. The van der Waals surface area contributed by atoms with Gasteiger partial charge in [0.05, 0.1) is 5.69 Å². The fraction of sp³-hybridized carbons (Fsp3) is 0.538. The minimum absolute atomic E-state index is 0.0296. The minimum atomic E-state index is 0.0296. The number of hydrogen-bond donors (Lipinski definition) is 0. The predicted molar refractivity (Wildman–Crippen MR) is 72.6 cm³/mol. The van der Waals surface area contributed by atoms with Crippen LogP contribution in [0.25, 0.3) is 6.20 Å². The molecule has 0 aliphatic carbocycles. The lowest BCUT2D eigenvalue weighted by atomic mass is 9.87. The molecule has 16 heavy (non-hydrogen) atoms. The van der Waals surface area contributed by atoms with Crippen molar-refractivity contribution in [2.45, 2.75) is 47.0 Å².